The lowest BCUT2D eigenvalue weighted by Crippen LogP contribution is -2.61. The van der Waals surface area contributed by atoms with Crippen LogP contribution in [0.15, 0.2) is 59.1 Å². The number of halogens is 1. The maximum Gasteiger partial charge on any atom is 0.222 e. The number of fused-ring (bicyclic) bond motifs is 2. The number of para-hydroxylation sites is 1. The fourth-order valence-electron chi connectivity index (χ4n) is 4.89. The van der Waals surface area contributed by atoms with Crippen LogP contribution in [0.2, 0.25) is 0 Å². The first-order valence-electron chi connectivity index (χ1n) is 9.84. The molecule has 1 aliphatic carbocycles. The number of rotatable bonds is 2. The molecule has 144 valence electrons. The zero-order valence-electron chi connectivity index (χ0n) is 15.9. The SMILES string of the molecule is Cc1nn(-c2ccccc2)c2c1C[C@@]1(c3ccc(Br)cc3)CCCC[C@]1(O)O2. The van der Waals surface area contributed by atoms with Crippen LogP contribution in [0.25, 0.3) is 5.69 Å². The Bertz CT molecular complexity index is 1020. The predicted octanol–water partition coefficient (Wildman–Crippen LogP) is 5.08. The lowest BCUT2D eigenvalue weighted by molar-refractivity contribution is -0.222. The molecule has 0 unspecified atom stereocenters. The Morgan fingerprint density at radius 3 is 2.50 bits per heavy atom. The second-order valence-electron chi connectivity index (χ2n) is 7.98. The zero-order chi connectivity index (χ0) is 19.4. The molecule has 5 rings (SSSR count). The molecule has 0 amide bonds. The molecule has 4 nitrogen and oxygen atoms in total. The van der Waals surface area contributed by atoms with Crippen LogP contribution >= 0.6 is 15.9 Å². The third-order valence-corrected chi connectivity index (χ3v) is 6.92. The normalized spacial score (nSPS) is 26.2. The van der Waals surface area contributed by atoms with Gasteiger partial charge >= 0.3 is 0 Å². The summed E-state index contributed by atoms with van der Waals surface area (Å²) in [6.45, 7) is 2.03. The number of hydrogen-bond acceptors (Lipinski definition) is 3. The third-order valence-electron chi connectivity index (χ3n) is 6.40. The van der Waals surface area contributed by atoms with Crippen molar-refractivity contribution in [2.24, 2.45) is 0 Å². The Balaban J connectivity index is 1.68. The standard InChI is InChI=1S/C23H23BrN2O2/c1-16-20-15-22(17-9-11-18(24)12-10-17)13-5-6-14-23(22,27)28-21(20)26(25-16)19-7-3-2-4-8-19/h2-4,7-12,27H,5-6,13-15H2,1H3/t22-,23+/m1/s1. The van der Waals surface area contributed by atoms with Crippen molar-refractivity contribution in [1.82, 2.24) is 9.78 Å². The van der Waals surface area contributed by atoms with E-state index in [9.17, 15) is 5.11 Å². The van der Waals surface area contributed by atoms with Crippen molar-refractivity contribution in [3.05, 3.63) is 75.9 Å². The maximum atomic E-state index is 11.8. The van der Waals surface area contributed by atoms with Crippen LogP contribution < -0.4 is 4.74 Å². The second-order valence-corrected chi connectivity index (χ2v) is 8.89. The number of ether oxygens (including phenoxy) is 1. The minimum Gasteiger partial charge on any atom is -0.444 e. The van der Waals surface area contributed by atoms with Crippen molar-refractivity contribution in [2.75, 3.05) is 0 Å². The number of nitrogens with zero attached hydrogens (tertiary/aromatic N) is 2. The molecular formula is C23H23BrN2O2. The molecule has 2 atom stereocenters. The van der Waals surface area contributed by atoms with Gasteiger partial charge < -0.3 is 9.84 Å². The third kappa shape index (κ3) is 2.56. The summed E-state index contributed by atoms with van der Waals surface area (Å²) in [6.07, 6.45) is 4.31. The van der Waals surface area contributed by atoms with Gasteiger partial charge in [0.1, 0.15) is 0 Å². The van der Waals surface area contributed by atoms with Gasteiger partial charge in [0.2, 0.25) is 11.7 Å². The molecular weight excluding hydrogens is 416 g/mol. The Morgan fingerprint density at radius 1 is 1.04 bits per heavy atom. The molecule has 1 saturated carbocycles. The summed E-state index contributed by atoms with van der Waals surface area (Å²) in [4.78, 5) is 0. The van der Waals surface area contributed by atoms with Gasteiger partial charge in [-0.3, -0.25) is 0 Å². The van der Waals surface area contributed by atoms with Crippen LogP contribution in [-0.2, 0) is 11.8 Å². The zero-order valence-corrected chi connectivity index (χ0v) is 17.4. The largest absolute Gasteiger partial charge is 0.444 e. The average molecular weight is 439 g/mol. The van der Waals surface area contributed by atoms with Crippen molar-refractivity contribution in [3.63, 3.8) is 0 Å². The van der Waals surface area contributed by atoms with Gasteiger partial charge in [0, 0.05) is 16.5 Å². The Kier molecular flexibility index (Phi) is 4.14. The Labute approximate surface area is 173 Å². The fourth-order valence-corrected chi connectivity index (χ4v) is 5.16. The molecule has 2 aliphatic rings. The van der Waals surface area contributed by atoms with Gasteiger partial charge in [-0.15, -0.1) is 0 Å². The molecule has 0 saturated heterocycles. The number of aromatic nitrogens is 2. The van der Waals surface area contributed by atoms with E-state index in [-0.39, 0.29) is 0 Å². The van der Waals surface area contributed by atoms with E-state index in [2.05, 4.69) is 40.2 Å². The van der Waals surface area contributed by atoms with Crippen molar-refractivity contribution in [1.29, 1.82) is 0 Å². The summed E-state index contributed by atoms with van der Waals surface area (Å²) in [5, 5.41) is 16.6. The molecule has 2 aromatic carbocycles. The molecule has 28 heavy (non-hydrogen) atoms. The van der Waals surface area contributed by atoms with Crippen molar-refractivity contribution in [3.8, 4) is 11.6 Å². The quantitative estimate of drug-likeness (QED) is 0.606. The van der Waals surface area contributed by atoms with E-state index in [0.717, 1.165) is 52.7 Å². The first-order valence-corrected chi connectivity index (χ1v) is 10.6. The molecule has 0 spiro atoms. The van der Waals surface area contributed by atoms with Gasteiger partial charge in [0.15, 0.2) is 0 Å². The molecule has 5 heteroatoms. The van der Waals surface area contributed by atoms with Crippen LogP contribution in [0.5, 0.6) is 5.88 Å². The van der Waals surface area contributed by atoms with Gasteiger partial charge in [-0.2, -0.15) is 5.10 Å². The minimum atomic E-state index is -1.23. The van der Waals surface area contributed by atoms with Crippen LogP contribution in [0, 0.1) is 6.92 Å². The van der Waals surface area contributed by atoms with E-state index < -0.39 is 11.2 Å². The summed E-state index contributed by atoms with van der Waals surface area (Å²) in [6, 6.07) is 18.3. The second kappa shape index (κ2) is 6.46. The van der Waals surface area contributed by atoms with Gasteiger partial charge in [0.25, 0.3) is 0 Å². The molecule has 1 N–H and O–H groups in total. The fraction of sp³-hybridized carbons (Fsp3) is 0.348. The van der Waals surface area contributed by atoms with Crippen molar-refractivity contribution >= 4 is 15.9 Å². The minimum absolute atomic E-state index is 0.450. The van der Waals surface area contributed by atoms with E-state index in [1.165, 1.54) is 0 Å². The van der Waals surface area contributed by atoms with E-state index in [4.69, 9.17) is 9.84 Å². The number of aryl methyl sites for hydroxylation is 1. The van der Waals surface area contributed by atoms with Gasteiger partial charge in [0.05, 0.1) is 16.8 Å². The highest BCUT2D eigenvalue weighted by atomic mass is 79.9. The number of benzene rings is 2. The topological polar surface area (TPSA) is 47.3 Å². The number of aliphatic hydroxyl groups is 1. The smallest absolute Gasteiger partial charge is 0.222 e. The van der Waals surface area contributed by atoms with Gasteiger partial charge in [-0.25, -0.2) is 4.68 Å². The van der Waals surface area contributed by atoms with E-state index in [1.54, 1.807) is 0 Å². The lowest BCUT2D eigenvalue weighted by Gasteiger charge is -2.52. The first-order chi connectivity index (χ1) is 13.5. The van der Waals surface area contributed by atoms with Gasteiger partial charge in [-0.05, 0) is 56.0 Å². The van der Waals surface area contributed by atoms with Crippen LogP contribution in [0.1, 0.15) is 42.5 Å². The summed E-state index contributed by atoms with van der Waals surface area (Å²) >= 11 is 3.53. The number of hydrogen-bond donors (Lipinski definition) is 1. The summed E-state index contributed by atoms with van der Waals surface area (Å²) in [7, 11) is 0. The van der Waals surface area contributed by atoms with E-state index in [1.807, 2.05) is 41.9 Å². The van der Waals surface area contributed by atoms with Crippen LogP contribution in [0.4, 0.5) is 0 Å². The lowest BCUT2D eigenvalue weighted by atomic mass is 9.61. The summed E-state index contributed by atoms with van der Waals surface area (Å²) < 4.78 is 9.34. The molecule has 1 aromatic heterocycles. The average Bonchev–Trinajstić information content (AvgIpc) is 3.02. The van der Waals surface area contributed by atoms with Crippen molar-refractivity contribution < 1.29 is 9.84 Å². The highest BCUT2D eigenvalue weighted by Crippen LogP contribution is 2.54. The Hall–Kier alpha value is -2.11. The highest BCUT2D eigenvalue weighted by molar-refractivity contribution is 9.10. The highest BCUT2D eigenvalue weighted by Gasteiger charge is 2.59. The maximum absolute atomic E-state index is 11.8. The molecule has 1 aliphatic heterocycles. The summed E-state index contributed by atoms with van der Waals surface area (Å²) in [5.41, 5.74) is 3.69. The van der Waals surface area contributed by atoms with E-state index in [0.29, 0.717) is 12.3 Å². The van der Waals surface area contributed by atoms with Crippen molar-refractivity contribution in [2.45, 2.75) is 50.2 Å². The molecule has 3 aromatic rings. The monoisotopic (exact) mass is 438 g/mol. The molecule has 0 radical (unpaired) electrons. The summed E-state index contributed by atoms with van der Waals surface area (Å²) in [5.74, 6) is -0.550. The van der Waals surface area contributed by atoms with E-state index >= 15 is 0 Å². The molecule has 2 heterocycles. The van der Waals surface area contributed by atoms with Gasteiger partial charge in [-0.1, -0.05) is 52.7 Å². The predicted molar refractivity (Wildman–Crippen MR) is 112 cm³/mol. The first kappa shape index (κ1) is 18.0. The molecule has 1 fully saturated rings. The Morgan fingerprint density at radius 2 is 1.75 bits per heavy atom. The van der Waals surface area contributed by atoms with Crippen LogP contribution in [-0.4, -0.2) is 20.7 Å². The van der Waals surface area contributed by atoms with Crippen LogP contribution in [0.3, 0.4) is 0 Å². The molecule has 0 bridgehead atoms.